The lowest BCUT2D eigenvalue weighted by molar-refractivity contribution is -0.133. The summed E-state index contributed by atoms with van der Waals surface area (Å²) in [6, 6.07) is 0. The first-order chi connectivity index (χ1) is 11.2. The lowest BCUT2D eigenvalue weighted by Crippen LogP contribution is -2.48. The number of nitrogens with one attached hydrogen (secondary N) is 1. The Kier molecular flexibility index (Phi) is 4.72. The third kappa shape index (κ3) is 4.17. The summed E-state index contributed by atoms with van der Waals surface area (Å²) in [6.45, 7) is 4.19. The molecule has 3 heterocycles. The van der Waals surface area contributed by atoms with Crippen molar-refractivity contribution in [1.29, 1.82) is 0 Å². The van der Waals surface area contributed by atoms with Crippen LogP contribution in [0.3, 0.4) is 0 Å². The van der Waals surface area contributed by atoms with Crippen molar-refractivity contribution in [2.75, 3.05) is 26.2 Å². The van der Waals surface area contributed by atoms with E-state index < -0.39 is 0 Å². The number of nitrogens with zero attached hydrogens (tertiary/aromatic N) is 5. The average molecular weight is 314 g/mol. The van der Waals surface area contributed by atoms with Gasteiger partial charge in [0.2, 0.25) is 5.91 Å². The van der Waals surface area contributed by atoms with Crippen molar-refractivity contribution < 1.29 is 4.79 Å². The van der Waals surface area contributed by atoms with Gasteiger partial charge in [-0.1, -0.05) is 0 Å². The maximum atomic E-state index is 12.3. The van der Waals surface area contributed by atoms with Crippen molar-refractivity contribution in [3.8, 4) is 12.3 Å². The molecule has 0 radical (unpaired) electrons. The van der Waals surface area contributed by atoms with Gasteiger partial charge >= 0.3 is 0 Å². The van der Waals surface area contributed by atoms with E-state index in [1.54, 1.807) is 6.33 Å². The maximum absolute atomic E-state index is 12.3. The number of H-pyrrole nitrogens is 1. The summed E-state index contributed by atoms with van der Waals surface area (Å²) in [5, 5.41) is 8.17. The molecule has 23 heavy (non-hydrogen) atoms. The summed E-state index contributed by atoms with van der Waals surface area (Å²) in [7, 11) is 0. The van der Waals surface area contributed by atoms with E-state index in [4.69, 9.17) is 6.42 Å². The Morgan fingerprint density at radius 1 is 1.30 bits per heavy atom. The van der Waals surface area contributed by atoms with E-state index in [-0.39, 0.29) is 11.6 Å². The summed E-state index contributed by atoms with van der Waals surface area (Å²) in [5.41, 5.74) is 0.752. The minimum absolute atomic E-state index is 0.198. The Balaban J connectivity index is 1.38. The SMILES string of the molecule is C#CCCC1(CCC(=O)N2CCN(Cc3cnc[nH]3)CC2)N=N1. The molecule has 0 aromatic carbocycles. The molecule has 0 saturated carbocycles. The Bertz CT molecular complexity index is 589. The second-order valence-corrected chi connectivity index (χ2v) is 6.12. The topological polar surface area (TPSA) is 77.0 Å². The third-order valence-electron chi connectivity index (χ3n) is 4.47. The summed E-state index contributed by atoms with van der Waals surface area (Å²) in [4.78, 5) is 23.8. The first-order valence-corrected chi connectivity index (χ1v) is 8.06. The predicted octanol–water partition coefficient (Wildman–Crippen LogP) is 1.41. The molecular weight excluding hydrogens is 292 g/mol. The molecule has 1 amide bonds. The molecule has 122 valence electrons. The molecule has 1 saturated heterocycles. The van der Waals surface area contributed by atoms with Crippen LogP contribution in [0, 0.1) is 12.3 Å². The molecule has 0 unspecified atom stereocenters. The molecule has 3 rings (SSSR count). The summed E-state index contributed by atoms with van der Waals surface area (Å²) >= 11 is 0. The number of rotatable bonds is 7. The van der Waals surface area contributed by atoms with E-state index in [1.807, 2.05) is 11.1 Å². The highest BCUT2D eigenvalue weighted by molar-refractivity contribution is 5.76. The van der Waals surface area contributed by atoms with Crippen LogP contribution in [0.25, 0.3) is 0 Å². The van der Waals surface area contributed by atoms with Gasteiger partial charge in [-0.2, -0.15) is 10.2 Å². The lowest BCUT2D eigenvalue weighted by Gasteiger charge is -2.34. The molecule has 0 bridgehead atoms. The number of hydrogen-bond donors (Lipinski definition) is 1. The monoisotopic (exact) mass is 314 g/mol. The minimum atomic E-state index is -0.357. The smallest absolute Gasteiger partial charge is 0.222 e. The van der Waals surface area contributed by atoms with E-state index in [0.29, 0.717) is 19.3 Å². The minimum Gasteiger partial charge on any atom is -0.347 e. The molecule has 1 aromatic rings. The molecule has 0 aliphatic carbocycles. The number of piperazine rings is 1. The molecular formula is C16H22N6O. The Morgan fingerprint density at radius 2 is 2.09 bits per heavy atom. The van der Waals surface area contributed by atoms with Gasteiger partial charge in [0.15, 0.2) is 5.66 Å². The molecule has 2 aliphatic heterocycles. The molecule has 0 atom stereocenters. The zero-order valence-electron chi connectivity index (χ0n) is 13.2. The zero-order chi connectivity index (χ0) is 16.1. The number of terminal acetylenes is 1. The van der Waals surface area contributed by atoms with Gasteiger partial charge in [-0.3, -0.25) is 9.69 Å². The Hall–Kier alpha value is -2.20. The van der Waals surface area contributed by atoms with Crippen LogP contribution >= 0.6 is 0 Å². The van der Waals surface area contributed by atoms with E-state index in [0.717, 1.165) is 44.8 Å². The van der Waals surface area contributed by atoms with Crippen LogP contribution in [0.15, 0.2) is 22.8 Å². The molecule has 1 fully saturated rings. The van der Waals surface area contributed by atoms with E-state index >= 15 is 0 Å². The number of hydrogen-bond acceptors (Lipinski definition) is 5. The van der Waals surface area contributed by atoms with Gasteiger partial charge in [0.05, 0.1) is 6.33 Å². The average Bonchev–Trinajstić information content (AvgIpc) is 3.17. The van der Waals surface area contributed by atoms with E-state index in [9.17, 15) is 4.79 Å². The fourth-order valence-electron chi connectivity index (χ4n) is 2.90. The number of amides is 1. The molecule has 7 nitrogen and oxygen atoms in total. The van der Waals surface area contributed by atoms with Gasteiger partial charge in [0, 0.05) is 70.3 Å². The van der Waals surface area contributed by atoms with Gasteiger partial charge in [-0.25, -0.2) is 4.98 Å². The van der Waals surface area contributed by atoms with Crippen molar-refractivity contribution >= 4 is 5.91 Å². The fraction of sp³-hybridized carbons (Fsp3) is 0.625. The lowest BCUT2D eigenvalue weighted by atomic mass is 10.0. The third-order valence-corrected chi connectivity index (χ3v) is 4.47. The van der Waals surface area contributed by atoms with Crippen LogP contribution in [0.4, 0.5) is 0 Å². The number of imidazole rings is 1. The van der Waals surface area contributed by atoms with Gasteiger partial charge in [-0.15, -0.1) is 12.3 Å². The number of aromatic nitrogens is 2. The first-order valence-electron chi connectivity index (χ1n) is 8.06. The Labute approximate surface area is 136 Å². The van der Waals surface area contributed by atoms with Crippen LogP contribution in [0.2, 0.25) is 0 Å². The van der Waals surface area contributed by atoms with Crippen LogP contribution in [0.1, 0.15) is 31.4 Å². The van der Waals surface area contributed by atoms with Crippen molar-refractivity contribution in [3.05, 3.63) is 18.2 Å². The molecule has 2 aliphatic rings. The molecule has 0 spiro atoms. The van der Waals surface area contributed by atoms with E-state index in [1.165, 1.54) is 0 Å². The highest BCUT2D eigenvalue weighted by Gasteiger charge is 2.39. The normalized spacial score (nSPS) is 19.5. The van der Waals surface area contributed by atoms with Crippen molar-refractivity contribution in [3.63, 3.8) is 0 Å². The quantitative estimate of drug-likeness (QED) is 0.773. The second kappa shape index (κ2) is 6.92. The van der Waals surface area contributed by atoms with Crippen LogP contribution in [-0.4, -0.2) is 57.5 Å². The van der Waals surface area contributed by atoms with Crippen LogP contribution in [-0.2, 0) is 11.3 Å². The molecule has 1 N–H and O–H groups in total. The van der Waals surface area contributed by atoms with Crippen LogP contribution in [0.5, 0.6) is 0 Å². The van der Waals surface area contributed by atoms with Crippen molar-refractivity contribution in [2.45, 2.75) is 37.9 Å². The van der Waals surface area contributed by atoms with Crippen molar-refractivity contribution in [2.24, 2.45) is 10.2 Å². The van der Waals surface area contributed by atoms with E-state index in [2.05, 4.69) is 31.0 Å². The van der Waals surface area contributed by atoms with Gasteiger partial charge in [0.25, 0.3) is 0 Å². The van der Waals surface area contributed by atoms with Gasteiger partial charge in [0.1, 0.15) is 0 Å². The Morgan fingerprint density at radius 3 is 2.70 bits per heavy atom. The van der Waals surface area contributed by atoms with Crippen molar-refractivity contribution in [1.82, 2.24) is 19.8 Å². The highest BCUT2D eigenvalue weighted by atomic mass is 16.2. The van der Waals surface area contributed by atoms with Gasteiger partial charge in [-0.05, 0) is 0 Å². The number of carbonyl (C=O) groups excluding carboxylic acids is 1. The molecule has 7 heteroatoms. The standard InChI is InChI=1S/C16H22N6O/c1-2-3-5-16(19-20-16)6-4-15(23)22-9-7-21(8-10-22)12-14-11-17-13-18-14/h1,11,13H,3-10,12H2,(H,17,18). The van der Waals surface area contributed by atoms with Crippen LogP contribution < -0.4 is 0 Å². The molecule has 1 aromatic heterocycles. The summed E-state index contributed by atoms with van der Waals surface area (Å²) in [5.74, 6) is 2.81. The summed E-state index contributed by atoms with van der Waals surface area (Å²) < 4.78 is 0. The number of aromatic amines is 1. The fourth-order valence-corrected chi connectivity index (χ4v) is 2.90. The number of carbonyl (C=O) groups is 1. The zero-order valence-corrected chi connectivity index (χ0v) is 13.2. The maximum Gasteiger partial charge on any atom is 0.222 e. The predicted molar refractivity (Wildman–Crippen MR) is 85.3 cm³/mol. The second-order valence-electron chi connectivity index (χ2n) is 6.12. The largest absolute Gasteiger partial charge is 0.347 e. The summed E-state index contributed by atoms with van der Waals surface area (Å²) in [6.07, 6.45) is 11.4. The highest BCUT2D eigenvalue weighted by Crippen LogP contribution is 2.37. The van der Waals surface area contributed by atoms with Gasteiger partial charge < -0.3 is 9.88 Å². The first kappa shape index (κ1) is 15.7.